The molecule has 1 aliphatic rings. The molecular weight excluding hydrogens is 344 g/mol. The first kappa shape index (κ1) is 17.2. The van der Waals surface area contributed by atoms with Gasteiger partial charge in [-0.2, -0.15) is 4.98 Å². The smallest absolute Gasteiger partial charge is 0.293 e. The van der Waals surface area contributed by atoms with Gasteiger partial charge in [-0.25, -0.2) is 0 Å². The van der Waals surface area contributed by atoms with Crippen molar-refractivity contribution in [3.63, 3.8) is 0 Å². The van der Waals surface area contributed by atoms with Crippen molar-refractivity contribution in [3.05, 3.63) is 58.6 Å². The Morgan fingerprint density at radius 2 is 1.96 bits per heavy atom. The Kier molecular flexibility index (Phi) is 4.58. The van der Waals surface area contributed by atoms with Crippen LogP contribution in [0.3, 0.4) is 0 Å². The molecule has 1 aliphatic heterocycles. The van der Waals surface area contributed by atoms with Crippen molar-refractivity contribution < 1.29 is 9.45 Å². The Bertz CT molecular complexity index is 955. The van der Waals surface area contributed by atoms with Crippen molar-refractivity contribution in [1.82, 2.24) is 10.1 Å². The van der Waals surface area contributed by atoms with E-state index in [4.69, 9.17) is 4.52 Å². The molecule has 4 rings (SSSR count). The fraction of sp³-hybridized carbons (Fsp3) is 0.300. The Hall–Kier alpha value is -3.22. The van der Waals surface area contributed by atoms with E-state index < -0.39 is 0 Å². The van der Waals surface area contributed by atoms with E-state index in [9.17, 15) is 10.1 Å². The molecule has 27 heavy (non-hydrogen) atoms. The number of hydrogen-bond acceptors (Lipinski definition) is 6. The maximum absolute atomic E-state index is 11.7. The zero-order valence-electron chi connectivity index (χ0n) is 15.0. The number of rotatable bonds is 4. The molecule has 1 saturated heterocycles. The second-order valence-corrected chi connectivity index (χ2v) is 6.79. The van der Waals surface area contributed by atoms with E-state index in [0.717, 1.165) is 31.4 Å². The molecule has 2 aromatic carbocycles. The van der Waals surface area contributed by atoms with E-state index >= 15 is 0 Å². The molecule has 0 aliphatic carbocycles. The van der Waals surface area contributed by atoms with Gasteiger partial charge < -0.3 is 9.42 Å². The van der Waals surface area contributed by atoms with Crippen LogP contribution in [0.15, 0.2) is 53.1 Å². The van der Waals surface area contributed by atoms with Crippen LogP contribution in [-0.4, -0.2) is 27.7 Å². The van der Waals surface area contributed by atoms with Gasteiger partial charge in [-0.15, -0.1) is 0 Å². The third-order valence-electron chi connectivity index (χ3n) is 4.99. The molecule has 0 N–H and O–H groups in total. The van der Waals surface area contributed by atoms with Crippen molar-refractivity contribution in [2.24, 2.45) is 0 Å². The van der Waals surface area contributed by atoms with Gasteiger partial charge in [-0.3, -0.25) is 10.1 Å². The number of nitro groups is 1. The Balaban J connectivity index is 1.70. The molecule has 7 nitrogen and oxygen atoms in total. The summed E-state index contributed by atoms with van der Waals surface area (Å²) >= 11 is 0. The summed E-state index contributed by atoms with van der Waals surface area (Å²) in [5.41, 5.74) is 2.10. The SMILES string of the molecule is CC1CCCCN1c1ccc(-c2nc(-c3ccccc3)no2)cc1[N+](=O)[O-]. The molecule has 0 spiro atoms. The highest BCUT2D eigenvalue weighted by Gasteiger charge is 2.26. The summed E-state index contributed by atoms with van der Waals surface area (Å²) in [4.78, 5) is 17.9. The molecule has 0 radical (unpaired) electrons. The van der Waals surface area contributed by atoms with Crippen molar-refractivity contribution in [2.75, 3.05) is 11.4 Å². The first-order valence-corrected chi connectivity index (χ1v) is 9.08. The third kappa shape index (κ3) is 3.40. The predicted octanol–water partition coefficient (Wildman–Crippen LogP) is 4.69. The molecule has 0 saturated carbocycles. The molecule has 1 aromatic heterocycles. The van der Waals surface area contributed by atoms with E-state index in [1.165, 1.54) is 6.07 Å². The number of nitrogens with zero attached hydrogens (tertiary/aromatic N) is 4. The van der Waals surface area contributed by atoms with Gasteiger partial charge in [0, 0.05) is 29.8 Å². The van der Waals surface area contributed by atoms with Gasteiger partial charge in [0.2, 0.25) is 5.82 Å². The van der Waals surface area contributed by atoms with E-state index in [1.807, 2.05) is 36.4 Å². The van der Waals surface area contributed by atoms with Gasteiger partial charge in [-0.05, 0) is 38.3 Å². The Morgan fingerprint density at radius 3 is 2.70 bits per heavy atom. The van der Waals surface area contributed by atoms with E-state index in [-0.39, 0.29) is 22.5 Å². The Morgan fingerprint density at radius 1 is 1.15 bits per heavy atom. The van der Waals surface area contributed by atoms with Crippen molar-refractivity contribution in [1.29, 1.82) is 0 Å². The van der Waals surface area contributed by atoms with Gasteiger partial charge in [0.25, 0.3) is 11.6 Å². The van der Waals surface area contributed by atoms with Crippen molar-refractivity contribution in [3.8, 4) is 22.8 Å². The molecule has 2 heterocycles. The monoisotopic (exact) mass is 364 g/mol. The first-order chi connectivity index (χ1) is 13.1. The second-order valence-electron chi connectivity index (χ2n) is 6.79. The number of benzene rings is 2. The number of hydrogen-bond donors (Lipinski definition) is 0. The molecule has 0 amide bonds. The third-order valence-corrected chi connectivity index (χ3v) is 4.99. The molecule has 1 fully saturated rings. The minimum atomic E-state index is -0.339. The van der Waals surface area contributed by atoms with E-state index in [2.05, 4.69) is 22.0 Å². The van der Waals surface area contributed by atoms with Crippen LogP contribution in [0.4, 0.5) is 11.4 Å². The summed E-state index contributed by atoms with van der Waals surface area (Å²) in [6, 6.07) is 14.9. The topological polar surface area (TPSA) is 85.3 Å². The molecule has 1 atom stereocenters. The van der Waals surface area contributed by atoms with Crippen LogP contribution in [0.2, 0.25) is 0 Å². The predicted molar refractivity (Wildman–Crippen MR) is 102 cm³/mol. The minimum Gasteiger partial charge on any atom is -0.363 e. The Labute approximate surface area is 156 Å². The van der Waals surface area contributed by atoms with Gasteiger partial charge in [0.1, 0.15) is 5.69 Å². The lowest BCUT2D eigenvalue weighted by molar-refractivity contribution is -0.384. The average molecular weight is 364 g/mol. The summed E-state index contributed by atoms with van der Waals surface area (Å²) in [6.45, 7) is 2.95. The zero-order chi connectivity index (χ0) is 18.8. The zero-order valence-corrected chi connectivity index (χ0v) is 15.0. The molecular formula is C20H20N4O3. The van der Waals surface area contributed by atoms with Crippen LogP contribution in [0.5, 0.6) is 0 Å². The van der Waals surface area contributed by atoms with Gasteiger partial charge >= 0.3 is 0 Å². The second kappa shape index (κ2) is 7.19. The molecule has 7 heteroatoms. The summed E-state index contributed by atoms with van der Waals surface area (Å²) in [7, 11) is 0. The lowest BCUT2D eigenvalue weighted by atomic mass is 10.0. The number of anilines is 1. The van der Waals surface area contributed by atoms with Crippen molar-refractivity contribution in [2.45, 2.75) is 32.2 Å². The molecule has 1 unspecified atom stereocenters. The normalized spacial score (nSPS) is 17.1. The summed E-state index contributed by atoms with van der Waals surface area (Å²) < 4.78 is 5.35. The minimum absolute atomic E-state index is 0.0701. The number of piperidine rings is 1. The van der Waals surface area contributed by atoms with Crippen LogP contribution in [0.25, 0.3) is 22.8 Å². The van der Waals surface area contributed by atoms with Gasteiger partial charge in [0.15, 0.2) is 0 Å². The lowest BCUT2D eigenvalue weighted by Crippen LogP contribution is -2.37. The van der Waals surface area contributed by atoms with Crippen LogP contribution in [0.1, 0.15) is 26.2 Å². The van der Waals surface area contributed by atoms with Crippen LogP contribution >= 0.6 is 0 Å². The number of aromatic nitrogens is 2. The molecule has 138 valence electrons. The maximum atomic E-state index is 11.7. The highest BCUT2D eigenvalue weighted by Crippen LogP contribution is 2.36. The lowest BCUT2D eigenvalue weighted by Gasteiger charge is -2.35. The van der Waals surface area contributed by atoms with Crippen molar-refractivity contribution >= 4 is 11.4 Å². The first-order valence-electron chi connectivity index (χ1n) is 9.08. The van der Waals surface area contributed by atoms with Crippen LogP contribution in [0, 0.1) is 10.1 Å². The summed E-state index contributed by atoms with van der Waals surface area (Å²) in [6.07, 6.45) is 3.25. The highest BCUT2D eigenvalue weighted by molar-refractivity contribution is 5.72. The fourth-order valence-electron chi connectivity index (χ4n) is 3.55. The average Bonchev–Trinajstić information content (AvgIpc) is 3.19. The molecule has 0 bridgehead atoms. The molecule has 3 aromatic rings. The summed E-state index contributed by atoms with van der Waals surface area (Å²) in [5, 5.41) is 15.7. The quantitative estimate of drug-likeness (QED) is 0.493. The largest absolute Gasteiger partial charge is 0.363 e. The fourth-order valence-corrected chi connectivity index (χ4v) is 3.55. The van der Waals surface area contributed by atoms with Crippen LogP contribution < -0.4 is 4.90 Å². The van der Waals surface area contributed by atoms with Crippen LogP contribution in [-0.2, 0) is 0 Å². The van der Waals surface area contributed by atoms with Gasteiger partial charge in [0.05, 0.1) is 4.92 Å². The van der Waals surface area contributed by atoms with E-state index in [0.29, 0.717) is 17.1 Å². The maximum Gasteiger partial charge on any atom is 0.293 e. The summed E-state index contributed by atoms with van der Waals surface area (Å²) in [5.74, 6) is 0.733. The van der Waals surface area contributed by atoms with E-state index in [1.54, 1.807) is 6.07 Å². The number of nitro benzene ring substituents is 1. The van der Waals surface area contributed by atoms with Gasteiger partial charge in [-0.1, -0.05) is 35.5 Å². The highest BCUT2D eigenvalue weighted by atomic mass is 16.6. The standard InChI is InChI=1S/C20H20N4O3/c1-14-7-5-6-12-23(14)17-11-10-16(13-18(17)24(25)26)20-21-19(22-27-20)15-8-3-2-4-9-15/h2-4,8-11,13-14H,5-7,12H2,1H3.